The van der Waals surface area contributed by atoms with E-state index in [0.29, 0.717) is 31.8 Å². The molecule has 7 heteroatoms. The lowest BCUT2D eigenvalue weighted by Crippen LogP contribution is -2.43. The Labute approximate surface area is 156 Å². The summed E-state index contributed by atoms with van der Waals surface area (Å²) < 4.78 is 0. The van der Waals surface area contributed by atoms with Gasteiger partial charge >= 0.3 is 0 Å². The number of nitrogens with zero attached hydrogens (tertiary/aromatic N) is 1. The monoisotopic (exact) mass is 369 g/mol. The van der Waals surface area contributed by atoms with Crippen LogP contribution in [-0.4, -0.2) is 53.0 Å². The lowest BCUT2D eigenvalue weighted by atomic mass is 9.86. The highest BCUT2D eigenvalue weighted by Crippen LogP contribution is 2.20. The van der Waals surface area contributed by atoms with E-state index in [0.717, 1.165) is 6.42 Å². The standard InChI is InChI=1S/C19H35N3O4/c1-12(2)10-15(20)16(23)11-14(13(3)4)19(26)21-17(24)7-9-22-8-5-6-18(22)25/h12-16,23H,5-11,20H2,1-4H3,(H,21,24,26)/t14-,15-,16-/m0/s1. The summed E-state index contributed by atoms with van der Waals surface area (Å²) in [6.07, 6.45) is 1.59. The highest BCUT2D eigenvalue weighted by Gasteiger charge is 2.29. The quantitative estimate of drug-likeness (QED) is 0.532. The fourth-order valence-electron chi connectivity index (χ4n) is 3.29. The van der Waals surface area contributed by atoms with E-state index in [-0.39, 0.29) is 42.5 Å². The van der Waals surface area contributed by atoms with Crippen molar-refractivity contribution in [2.75, 3.05) is 13.1 Å². The van der Waals surface area contributed by atoms with E-state index in [1.54, 1.807) is 4.90 Å². The molecule has 0 aliphatic carbocycles. The van der Waals surface area contributed by atoms with Gasteiger partial charge in [0.1, 0.15) is 0 Å². The van der Waals surface area contributed by atoms with Crippen molar-refractivity contribution in [1.29, 1.82) is 0 Å². The zero-order valence-electron chi connectivity index (χ0n) is 16.5. The van der Waals surface area contributed by atoms with Gasteiger partial charge in [-0.2, -0.15) is 0 Å². The van der Waals surface area contributed by atoms with Gasteiger partial charge in [-0.25, -0.2) is 0 Å². The summed E-state index contributed by atoms with van der Waals surface area (Å²) in [5, 5.41) is 12.7. The normalized spacial score (nSPS) is 18.3. The predicted octanol–water partition coefficient (Wildman–Crippen LogP) is 1.04. The van der Waals surface area contributed by atoms with Gasteiger partial charge < -0.3 is 15.7 Å². The Morgan fingerprint density at radius 1 is 1.23 bits per heavy atom. The number of aliphatic hydroxyl groups excluding tert-OH is 1. The summed E-state index contributed by atoms with van der Waals surface area (Å²) in [6.45, 7) is 8.85. The SMILES string of the molecule is CC(C)C[C@H](N)[C@@H](O)C[C@H](C(=O)NC(=O)CCN1CCCC1=O)C(C)C. The van der Waals surface area contributed by atoms with Gasteiger partial charge in [-0.05, 0) is 31.1 Å². The predicted molar refractivity (Wildman–Crippen MR) is 100.0 cm³/mol. The number of nitrogens with two attached hydrogens (primary N) is 1. The van der Waals surface area contributed by atoms with Crippen LogP contribution in [0.25, 0.3) is 0 Å². The van der Waals surface area contributed by atoms with Crippen LogP contribution in [0.15, 0.2) is 0 Å². The van der Waals surface area contributed by atoms with Crippen molar-refractivity contribution in [3.05, 3.63) is 0 Å². The van der Waals surface area contributed by atoms with Gasteiger partial charge in [0.2, 0.25) is 17.7 Å². The van der Waals surface area contributed by atoms with Crippen molar-refractivity contribution in [3.63, 3.8) is 0 Å². The van der Waals surface area contributed by atoms with Crippen LogP contribution < -0.4 is 11.1 Å². The summed E-state index contributed by atoms with van der Waals surface area (Å²) in [5.74, 6) is -0.855. The van der Waals surface area contributed by atoms with Crippen LogP contribution in [0.2, 0.25) is 0 Å². The van der Waals surface area contributed by atoms with E-state index in [9.17, 15) is 19.5 Å². The summed E-state index contributed by atoms with van der Waals surface area (Å²) >= 11 is 0. The molecule has 7 nitrogen and oxygen atoms in total. The third-order valence-corrected chi connectivity index (χ3v) is 4.92. The van der Waals surface area contributed by atoms with Crippen LogP contribution in [0.3, 0.4) is 0 Å². The largest absolute Gasteiger partial charge is 0.391 e. The minimum absolute atomic E-state index is 0.0242. The Kier molecular flexibility index (Phi) is 9.22. The number of rotatable bonds is 10. The molecule has 1 saturated heterocycles. The molecule has 1 rings (SSSR count). The maximum absolute atomic E-state index is 12.5. The van der Waals surface area contributed by atoms with Crippen molar-refractivity contribution >= 4 is 17.7 Å². The Morgan fingerprint density at radius 2 is 1.88 bits per heavy atom. The highest BCUT2D eigenvalue weighted by atomic mass is 16.3. The zero-order chi connectivity index (χ0) is 19.9. The Bertz CT molecular complexity index is 493. The minimum atomic E-state index is -0.784. The maximum Gasteiger partial charge on any atom is 0.230 e. The van der Waals surface area contributed by atoms with Crippen LogP contribution in [0.1, 0.15) is 59.8 Å². The molecular formula is C19H35N3O4. The average Bonchev–Trinajstić information content (AvgIpc) is 2.94. The van der Waals surface area contributed by atoms with Gasteiger partial charge in [0.25, 0.3) is 0 Å². The number of amides is 3. The first-order chi connectivity index (χ1) is 12.1. The van der Waals surface area contributed by atoms with Crippen molar-refractivity contribution in [2.24, 2.45) is 23.5 Å². The molecule has 0 bridgehead atoms. The van der Waals surface area contributed by atoms with Crippen molar-refractivity contribution < 1.29 is 19.5 Å². The van der Waals surface area contributed by atoms with Crippen LogP contribution in [0.4, 0.5) is 0 Å². The van der Waals surface area contributed by atoms with Crippen LogP contribution in [0, 0.1) is 17.8 Å². The molecule has 0 aromatic carbocycles. The maximum atomic E-state index is 12.5. The summed E-state index contributed by atoms with van der Waals surface area (Å²) in [4.78, 5) is 37.7. The van der Waals surface area contributed by atoms with Crippen molar-refractivity contribution in [3.8, 4) is 0 Å². The number of nitrogens with one attached hydrogen (secondary N) is 1. The highest BCUT2D eigenvalue weighted by molar-refractivity contribution is 5.96. The molecule has 1 aliphatic heterocycles. The minimum Gasteiger partial charge on any atom is -0.391 e. The first-order valence-corrected chi connectivity index (χ1v) is 9.66. The molecule has 0 spiro atoms. The number of likely N-dealkylation sites (tertiary alicyclic amines) is 1. The number of carbonyl (C=O) groups excluding carboxylic acids is 3. The average molecular weight is 370 g/mol. The number of hydrogen-bond acceptors (Lipinski definition) is 5. The first kappa shape index (κ1) is 22.6. The fourth-order valence-corrected chi connectivity index (χ4v) is 3.29. The second kappa shape index (κ2) is 10.6. The molecule has 150 valence electrons. The van der Waals surface area contributed by atoms with E-state index in [1.165, 1.54) is 0 Å². The van der Waals surface area contributed by atoms with Crippen molar-refractivity contribution in [2.45, 2.75) is 71.9 Å². The van der Waals surface area contributed by atoms with E-state index in [1.807, 2.05) is 27.7 Å². The van der Waals surface area contributed by atoms with Crippen LogP contribution >= 0.6 is 0 Å². The molecule has 0 aromatic rings. The molecule has 0 unspecified atom stereocenters. The molecule has 3 amide bonds. The first-order valence-electron chi connectivity index (χ1n) is 9.66. The van der Waals surface area contributed by atoms with E-state index in [4.69, 9.17) is 5.73 Å². The van der Waals surface area contributed by atoms with Crippen LogP contribution in [0.5, 0.6) is 0 Å². The third-order valence-electron chi connectivity index (χ3n) is 4.92. The molecule has 0 radical (unpaired) electrons. The number of imide groups is 1. The summed E-state index contributed by atoms with van der Waals surface area (Å²) in [5.41, 5.74) is 6.01. The van der Waals surface area contributed by atoms with Crippen LogP contribution in [-0.2, 0) is 14.4 Å². The zero-order valence-corrected chi connectivity index (χ0v) is 16.5. The number of aliphatic hydroxyl groups is 1. The van der Waals surface area contributed by atoms with Gasteiger partial charge in [0.15, 0.2) is 0 Å². The van der Waals surface area contributed by atoms with E-state index >= 15 is 0 Å². The molecule has 4 N–H and O–H groups in total. The second-order valence-corrected chi connectivity index (χ2v) is 8.09. The molecule has 3 atom stereocenters. The molecule has 1 fully saturated rings. The molecule has 0 saturated carbocycles. The Morgan fingerprint density at radius 3 is 2.38 bits per heavy atom. The van der Waals surface area contributed by atoms with Gasteiger partial charge in [-0.1, -0.05) is 27.7 Å². The molecule has 0 aromatic heterocycles. The van der Waals surface area contributed by atoms with E-state index in [2.05, 4.69) is 5.32 Å². The Hall–Kier alpha value is -1.47. The number of hydrogen-bond donors (Lipinski definition) is 3. The lowest BCUT2D eigenvalue weighted by Gasteiger charge is -2.26. The Balaban J connectivity index is 2.50. The van der Waals surface area contributed by atoms with Gasteiger partial charge in [-0.15, -0.1) is 0 Å². The van der Waals surface area contributed by atoms with Gasteiger partial charge in [-0.3, -0.25) is 19.7 Å². The fraction of sp³-hybridized carbons (Fsp3) is 0.842. The summed E-state index contributed by atoms with van der Waals surface area (Å²) in [6, 6.07) is -0.388. The van der Waals surface area contributed by atoms with Gasteiger partial charge in [0, 0.05) is 37.9 Å². The van der Waals surface area contributed by atoms with E-state index < -0.39 is 12.0 Å². The molecule has 1 aliphatic rings. The topological polar surface area (TPSA) is 113 Å². The van der Waals surface area contributed by atoms with Crippen molar-refractivity contribution in [1.82, 2.24) is 10.2 Å². The molecular weight excluding hydrogens is 334 g/mol. The summed E-state index contributed by atoms with van der Waals surface area (Å²) in [7, 11) is 0. The second-order valence-electron chi connectivity index (χ2n) is 8.09. The molecule has 26 heavy (non-hydrogen) atoms. The third kappa shape index (κ3) is 7.41. The molecule has 1 heterocycles. The lowest BCUT2D eigenvalue weighted by molar-refractivity contribution is -0.134. The number of carbonyl (C=O) groups is 3. The van der Waals surface area contributed by atoms with Gasteiger partial charge in [0.05, 0.1) is 6.10 Å². The smallest absolute Gasteiger partial charge is 0.230 e.